The van der Waals surface area contributed by atoms with Gasteiger partial charge in [-0.05, 0) is 17.7 Å². The molecule has 0 aliphatic heterocycles. The Labute approximate surface area is 85.6 Å². The molecule has 0 fully saturated rings. The van der Waals surface area contributed by atoms with E-state index in [0.717, 1.165) is 6.07 Å². The van der Waals surface area contributed by atoms with Crippen molar-refractivity contribution in [3.05, 3.63) is 35.6 Å². The summed E-state index contributed by atoms with van der Waals surface area (Å²) in [5.74, 6) is -1.16. The second-order valence-corrected chi connectivity index (χ2v) is 5.60. The van der Waals surface area contributed by atoms with Crippen molar-refractivity contribution in [2.24, 2.45) is 0 Å². The molecule has 0 aromatic heterocycles. The number of aliphatic hydroxyl groups excluding tert-OH is 1. The molecule has 0 heterocycles. The van der Waals surface area contributed by atoms with E-state index in [0.29, 0.717) is 0 Å². The summed E-state index contributed by atoms with van der Waals surface area (Å²) < 4.78 is 33.9. The summed E-state index contributed by atoms with van der Waals surface area (Å²) >= 11 is 0. The molecule has 0 amide bonds. The molecule has 0 spiro atoms. The molecule has 0 bridgehead atoms. The Morgan fingerprint density at radius 3 is 2.64 bits per heavy atom. The fourth-order valence-electron chi connectivity index (χ4n) is 0.999. The van der Waals surface area contributed by atoms with E-state index < -0.39 is 26.7 Å². The molecule has 78 valence electrons. The van der Waals surface area contributed by atoms with Gasteiger partial charge in [-0.2, -0.15) is 0 Å². The summed E-state index contributed by atoms with van der Waals surface area (Å²) in [5, 5.41) is 9.35. The highest BCUT2D eigenvalue weighted by Crippen LogP contribution is 2.17. The van der Waals surface area contributed by atoms with Gasteiger partial charge in [0.25, 0.3) is 0 Å². The summed E-state index contributed by atoms with van der Waals surface area (Å²) in [6.45, 7) is 0. The molecular formula is C8H8ClFO3S. The van der Waals surface area contributed by atoms with E-state index in [9.17, 15) is 17.9 Å². The van der Waals surface area contributed by atoms with Gasteiger partial charge in [0.05, 0.1) is 11.9 Å². The van der Waals surface area contributed by atoms with E-state index in [1.807, 2.05) is 0 Å². The van der Waals surface area contributed by atoms with Gasteiger partial charge in [0.2, 0.25) is 9.05 Å². The van der Waals surface area contributed by atoms with Crippen LogP contribution in [-0.4, -0.2) is 19.3 Å². The largest absolute Gasteiger partial charge is 0.387 e. The summed E-state index contributed by atoms with van der Waals surface area (Å²) in [5.41, 5.74) is 0.189. The van der Waals surface area contributed by atoms with Crippen molar-refractivity contribution in [1.29, 1.82) is 0 Å². The number of hydrogen-bond acceptors (Lipinski definition) is 3. The maximum Gasteiger partial charge on any atom is 0.235 e. The van der Waals surface area contributed by atoms with E-state index in [-0.39, 0.29) is 5.56 Å². The van der Waals surface area contributed by atoms with E-state index in [1.165, 1.54) is 18.2 Å². The van der Waals surface area contributed by atoms with Crippen LogP contribution in [0.4, 0.5) is 4.39 Å². The van der Waals surface area contributed by atoms with Crippen LogP contribution in [0.25, 0.3) is 0 Å². The summed E-state index contributed by atoms with van der Waals surface area (Å²) in [6.07, 6.45) is -1.30. The van der Waals surface area contributed by atoms with Crippen LogP contribution < -0.4 is 0 Å². The summed E-state index contributed by atoms with van der Waals surface area (Å²) in [6, 6.07) is 5.07. The monoisotopic (exact) mass is 238 g/mol. The topological polar surface area (TPSA) is 54.4 Å². The van der Waals surface area contributed by atoms with Gasteiger partial charge in [-0.1, -0.05) is 12.1 Å². The molecule has 0 radical (unpaired) electrons. The lowest BCUT2D eigenvalue weighted by molar-refractivity contribution is 0.201. The van der Waals surface area contributed by atoms with E-state index >= 15 is 0 Å². The fraction of sp³-hybridized carbons (Fsp3) is 0.250. The van der Waals surface area contributed by atoms with Crippen molar-refractivity contribution < 1.29 is 17.9 Å². The number of aliphatic hydroxyl groups is 1. The third-order valence-corrected chi connectivity index (χ3v) is 2.68. The number of benzene rings is 1. The minimum absolute atomic E-state index is 0.189. The first-order chi connectivity index (χ1) is 6.38. The van der Waals surface area contributed by atoms with Gasteiger partial charge in [0.1, 0.15) is 5.82 Å². The molecule has 0 saturated carbocycles. The number of halogens is 2. The summed E-state index contributed by atoms with van der Waals surface area (Å²) in [7, 11) is 1.15. The minimum Gasteiger partial charge on any atom is -0.387 e. The SMILES string of the molecule is O=S(=O)(Cl)CC(O)c1cccc(F)c1. The van der Waals surface area contributed by atoms with Crippen molar-refractivity contribution in [3.63, 3.8) is 0 Å². The van der Waals surface area contributed by atoms with Crippen molar-refractivity contribution in [2.45, 2.75) is 6.10 Å². The highest BCUT2D eigenvalue weighted by Gasteiger charge is 2.16. The van der Waals surface area contributed by atoms with Crippen LogP contribution in [-0.2, 0) is 9.05 Å². The van der Waals surface area contributed by atoms with Crippen LogP contribution in [0.15, 0.2) is 24.3 Å². The van der Waals surface area contributed by atoms with Gasteiger partial charge in [0, 0.05) is 10.7 Å². The lowest BCUT2D eigenvalue weighted by atomic mass is 10.1. The average molecular weight is 239 g/mol. The van der Waals surface area contributed by atoms with E-state index in [4.69, 9.17) is 10.7 Å². The zero-order valence-corrected chi connectivity index (χ0v) is 8.59. The first kappa shape index (κ1) is 11.4. The predicted molar refractivity (Wildman–Crippen MR) is 51.0 cm³/mol. The molecule has 1 unspecified atom stereocenters. The molecule has 6 heteroatoms. The first-order valence-corrected chi connectivity index (χ1v) is 6.22. The predicted octanol–water partition coefficient (Wildman–Crippen LogP) is 1.43. The lowest BCUT2D eigenvalue weighted by Crippen LogP contribution is -2.09. The van der Waals surface area contributed by atoms with Gasteiger partial charge in [-0.25, -0.2) is 12.8 Å². The molecule has 1 rings (SSSR count). The van der Waals surface area contributed by atoms with Gasteiger partial charge >= 0.3 is 0 Å². The normalized spacial score (nSPS) is 13.9. The zero-order chi connectivity index (χ0) is 10.8. The number of rotatable bonds is 3. The molecule has 1 N–H and O–H groups in total. The Hall–Kier alpha value is -0.650. The highest BCUT2D eigenvalue weighted by atomic mass is 35.7. The Kier molecular flexibility index (Phi) is 3.47. The standard InChI is InChI=1S/C8H8ClFO3S/c9-14(12,13)5-8(11)6-2-1-3-7(10)4-6/h1-4,8,11H,5H2. The second-order valence-electron chi connectivity index (χ2n) is 2.78. The fourth-order valence-corrected chi connectivity index (χ4v) is 1.93. The molecule has 3 nitrogen and oxygen atoms in total. The molecule has 1 atom stereocenters. The van der Waals surface area contributed by atoms with Crippen LogP contribution in [0.3, 0.4) is 0 Å². The Morgan fingerprint density at radius 1 is 1.50 bits per heavy atom. The molecule has 14 heavy (non-hydrogen) atoms. The minimum atomic E-state index is -3.78. The van der Waals surface area contributed by atoms with Crippen LogP contribution in [0.5, 0.6) is 0 Å². The van der Waals surface area contributed by atoms with Crippen molar-refractivity contribution in [2.75, 3.05) is 5.75 Å². The zero-order valence-electron chi connectivity index (χ0n) is 7.02. The van der Waals surface area contributed by atoms with Crippen molar-refractivity contribution >= 4 is 19.7 Å². The number of hydrogen-bond donors (Lipinski definition) is 1. The quantitative estimate of drug-likeness (QED) is 0.811. The third-order valence-electron chi connectivity index (χ3n) is 1.59. The van der Waals surface area contributed by atoms with Gasteiger partial charge in [-0.3, -0.25) is 0 Å². The Morgan fingerprint density at radius 2 is 2.14 bits per heavy atom. The van der Waals surface area contributed by atoms with Crippen LogP contribution in [0.1, 0.15) is 11.7 Å². The van der Waals surface area contributed by atoms with Crippen LogP contribution >= 0.6 is 10.7 Å². The molecule has 1 aromatic rings. The Bertz CT molecular complexity index is 418. The Balaban J connectivity index is 2.85. The average Bonchev–Trinajstić information content (AvgIpc) is 2.01. The van der Waals surface area contributed by atoms with Crippen LogP contribution in [0.2, 0.25) is 0 Å². The first-order valence-electron chi connectivity index (χ1n) is 3.74. The lowest BCUT2D eigenvalue weighted by Gasteiger charge is -2.08. The van der Waals surface area contributed by atoms with Gasteiger partial charge in [0.15, 0.2) is 0 Å². The molecule has 0 aliphatic rings. The molecule has 1 aromatic carbocycles. The molecule has 0 saturated heterocycles. The van der Waals surface area contributed by atoms with Gasteiger partial charge in [-0.15, -0.1) is 0 Å². The van der Waals surface area contributed by atoms with Crippen molar-refractivity contribution in [1.82, 2.24) is 0 Å². The van der Waals surface area contributed by atoms with Crippen LogP contribution in [0, 0.1) is 5.82 Å². The molecular weight excluding hydrogens is 231 g/mol. The summed E-state index contributed by atoms with van der Waals surface area (Å²) in [4.78, 5) is 0. The van der Waals surface area contributed by atoms with E-state index in [2.05, 4.69) is 0 Å². The maximum absolute atomic E-state index is 12.7. The molecule has 0 aliphatic carbocycles. The van der Waals surface area contributed by atoms with E-state index in [1.54, 1.807) is 0 Å². The maximum atomic E-state index is 12.7. The van der Waals surface area contributed by atoms with Gasteiger partial charge < -0.3 is 5.11 Å². The third kappa shape index (κ3) is 3.61. The highest BCUT2D eigenvalue weighted by molar-refractivity contribution is 8.13. The van der Waals surface area contributed by atoms with Crippen molar-refractivity contribution in [3.8, 4) is 0 Å². The second kappa shape index (κ2) is 4.25. The smallest absolute Gasteiger partial charge is 0.235 e.